The van der Waals surface area contributed by atoms with E-state index in [0.717, 1.165) is 60.0 Å². The smallest absolute Gasteiger partial charge is 0.267 e. The van der Waals surface area contributed by atoms with Gasteiger partial charge in [0.05, 0.1) is 32.1 Å². The number of carbonyl (C=O) groups is 1. The second-order valence-corrected chi connectivity index (χ2v) is 8.32. The third kappa shape index (κ3) is 3.95. The average molecular weight is 422 g/mol. The van der Waals surface area contributed by atoms with Gasteiger partial charge in [-0.05, 0) is 43.9 Å². The third-order valence-corrected chi connectivity index (χ3v) is 6.32. The van der Waals surface area contributed by atoms with Gasteiger partial charge in [-0.2, -0.15) is 5.10 Å². The number of ether oxygens (including phenoxy) is 2. The van der Waals surface area contributed by atoms with Gasteiger partial charge < -0.3 is 19.8 Å². The van der Waals surface area contributed by atoms with E-state index >= 15 is 0 Å². The molecular formula is C23H26N4O4. The summed E-state index contributed by atoms with van der Waals surface area (Å²) in [7, 11) is 1.62. The molecule has 1 fully saturated rings. The molecule has 8 heteroatoms. The van der Waals surface area contributed by atoms with Crippen LogP contribution in [0.15, 0.2) is 35.1 Å². The number of H-pyrrole nitrogens is 1. The number of nitrogens with zero attached hydrogens (tertiary/aromatic N) is 2. The number of benzene rings is 1. The van der Waals surface area contributed by atoms with E-state index in [1.165, 1.54) is 0 Å². The number of fused-ring (bicyclic) bond motifs is 2. The first kappa shape index (κ1) is 19.8. The first-order valence-electron chi connectivity index (χ1n) is 10.8. The zero-order chi connectivity index (χ0) is 21.4. The Kier molecular flexibility index (Phi) is 5.23. The summed E-state index contributed by atoms with van der Waals surface area (Å²) < 4.78 is 12.3. The van der Waals surface area contributed by atoms with Gasteiger partial charge in [0.25, 0.3) is 11.5 Å². The molecule has 1 aromatic carbocycles. The van der Waals surface area contributed by atoms with Crippen molar-refractivity contribution in [1.29, 1.82) is 0 Å². The zero-order valence-corrected chi connectivity index (χ0v) is 17.5. The van der Waals surface area contributed by atoms with E-state index in [2.05, 4.69) is 15.4 Å². The summed E-state index contributed by atoms with van der Waals surface area (Å²) in [6.07, 6.45) is 4.02. The molecule has 1 amide bonds. The minimum atomic E-state index is -0.109. The van der Waals surface area contributed by atoms with Gasteiger partial charge in [0.15, 0.2) is 0 Å². The topological polar surface area (TPSA) is 98.2 Å². The first-order valence-corrected chi connectivity index (χ1v) is 10.8. The molecule has 1 aliphatic carbocycles. The highest BCUT2D eigenvalue weighted by Gasteiger charge is 2.26. The quantitative estimate of drug-likeness (QED) is 0.674. The van der Waals surface area contributed by atoms with Gasteiger partial charge >= 0.3 is 0 Å². The van der Waals surface area contributed by atoms with E-state index in [4.69, 9.17) is 9.47 Å². The molecule has 8 nitrogen and oxygen atoms in total. The molecule has 2 aliphatic rings. The molecule has 3 heterocycles. The van der Waals surface area contributed by atoms with E-state index in [-0.39, 0.29) is 23.6 Å². The highest BCUT2D eigenvalue weighted by atomic mass is 16.5. The highest BCUT2D eigenvalue weighted by molar-refractivity contribution is 5.98. The normalized spacial score (nSPS) is 20.9. The van der Waals surface area contributed by atoms with Gasteiger partial charge in [-0.25, -0.2) is 4.68 Å². The van der Waals surface area contributed by atoms with Crippen LogP contribution in [0.2, 0.25) is 0 Å². The summed E-state index contributed by atoms with van der Waals surface area (Å²) in [5, 5.41) is 8.74. The van der Waals surface area contributed by atoms with Crippen LogP contribution < -0.4 is 15.6 Å². The molecule has 0 unspecified atom stereocenters. The molecular weight excluding hydrogens is 396 g/mol. The third-order valence-electron chi connectivity index (χ3n) is 6.32. The van der Waals surface area contributed by atoms with Crippen LogP contribution in [-0.2, 0) is 17.8 Å². The number of hydrogen-bond donors (Lipinski definition) is 2. The fraction of sp³-hybridized carbons (Fsp3) is 0.435. The maximum Gasteiger partial charge on any atom is 0.267 e. The summed E-state index contributed by atoms with van der Waals surface area (Å²) in [6.45, 7) is 1.12. The first-order chi connectivity index (χ1) is 15.1. The summed E-state index contributed by atoms with van der Waals surface area (Å²) in [4.78, 5) is 28.5. The van der Waals surface area contributed by atoms with Gasteiger partial charge in [0.2, 0.25) is 0 Å². The predicted octanol–water partition coefficient (Wildman–Crippen LogP) is 2.72. The Bertz CT molecular complexity index is 1170. The molecule has 0 saturated heterocycles. The van der Waals surface area contributed by atoms with Crippen LogP contribution >= 0.6 is 0 Å². The minimum Gasteiger partial charge on any atom is -0.497 e. The van der Waals surface area contributed by atoms with E-state index in [9.17, 15) is 9.59 Å². The Morgan fingerprint density at radius 2 is 2.06 bits per heavy atom. The van der Waals surface area contributed by atoms with Gasteiger partial charge in [-0.15, -0.1) is 0 Å². The van der Waals surface area contributed by atoms with Crippen molar-refractivity contribution >= 4 is 16.8 Å². The molecule has 5 rings (SSSR count). The Hall–Kier alpha value is -3.13. The number of amides is 1. The lowest BCUT2D eigenvalue weighted by Gasteiger charge is -2.30. The van der Waals surface area contributed by atoms with E-state index in [1.54, 1.807) is 17.9 Å². The predicted molar refractivity (Wildman–Crippen MR) is 115 cm³/mol. The average Bonchev–Trinajstić information content (AvgIpc) is 3.23. The van der Waals surface area contributed by atoms with Crippen LogP contribution in [0.25, 0.3) is 10.9 Å². The molecule has 0 radical (unpaired) electrons. The summed E-state index contributed by atoms with van der Waals surface area (Å²) in [5.41, 5.74) is 3.22. The lowest BCUT2D eigenvalue weighted by atomic mass is 9.91. The number of carbonyl (C=O) groups excluding carboxylic acids is 1. The number of hydrogen-bond acceptors (Lipinski definition) is 5. The number of nitrogens with one attached hydrogen (secondary N) is 2. The van der Waals surface area contributed by atoms with Gasteiger partial charge in [-0.3, -0.25) is 9.59 Å². The molecule has 1 aliphatic heterocycles. The summed E-state index contributed by atoms with van der Waals surface area (Å²) >= 11 is 0. The van der Waals surface area contributed by atoms with Gasteiger partial charge in [-0.1, -0.05) is 0 Å². The van der Waals surface area contributed by atoms with E-state index < -0.39 is 0 Å². The molecule has 3 aromatic rings. The van der Waals surface area contributed by atoms with Crippen molar-refractivity contribution in [3.05, 3.63) is 57.6 Å². The number of methoxy groups -OCH3 is 1. The minimum absolute atomic E-state index is 0.0646. The molecule has 0 atom stereocenters. The van der Waals surface area contributed by atoms with Crippen LogP contribution in [0, 0.1) is 0 Å². The van der Waals surface area contributed by atoms with Crippen LogP contribution in [0.1, 0.15) is 53.5 Å². The Balaban J connectivity index is 1.23. The van der Waals surface area contributed by atoms with E-state index in [1.807, 2.05) is 24.3 Å². The highest BCUT2D eigenvalue weighted by Crippen LogP contribution is 2.28. The Labute approximate surface area is 179 Å². The maximum absolute atomic E-state index is 12.8. The van der Waals surface area contributed by atoms with Crippen LogP contribution in [0.4, 0.5) is 0 Å². The Morgan fingerprint density at radius 3 is 2.87 bits per heavy atom. The van der Waals surface area contributed by atoms with Gasteiger partial charge in [0.1, 0.15) is 11.4 Å². The molecule has 2 N–H and O–H groups in total. The van der Waals surface area contributed by atoms with Crippen molar-refractivity contribution in [2.45, 2.75) is 50.8 Å². The fourth-order valence-corrected chi connectivity index (χ4v) is 4.57. The lowest BCUT2D eigenvalue weighted by Crippen LogP contribution is -2.40. The maximum atomic E-state index is 12.8. The molecule has 1 saturated carbocycles. The van der Waals surface area contributed by atoms with Crippen molar-refractivity contribution < 1.29 is 14.3 Å². The van der Waals surface area contributed by atoms with E-state index in [0.29, 0.717) is 18.9 Å². The second-order valence-electron chi connectivity index (χ2n) is 8.32. The lowest BCUT2D eigenvalue weighted by molar-refractivity contribution is 0.0916. The number of aromatic amines is 1. The van der Waals surface area contributed by atoms with Crippen LogP contribution in [-0.4, -0.2) is 40.4 Å². The monoisotopic (exact) mass is 422 g/mol. The van der Waals surface area contributed by atoms with Gasteiger partial charge in [0, 0.05) is 41.1 Å². The van der Waals surface area contributed by atoms with Crippen molar-refractivity contribution in [2.75, 3.05) is 13.7 Å². The van der Waals surface area contributed by atoms with Crippen LogP contribution in [0.3, 0.4) is 0 Å². The summed E-state index contributed by atoms with van der Waals surface area (Å²) in [6, 6.07) is 9.38. The number of rotatable bonds is 4. The molecule has 162 valence electrons. The molecule has 0 spiro atoms. The molecule has 2 aromatic heterocycles. The van der Waals surface area contributed by atoms with Crippen LogP contribution in [0.5, 0.6) is 5.75 Å². The largest absolute Gasteiger partial charge is 0.497 e. The molecule has 31 heavy (non-hydrogen) atoms. The summed E-state index contributed by atoms with van der Waals surface area (Å²) in [5.74, 6) is 0.640. The number of aromatic nitrogens is 3. The van der Waals surface area contributed by atoms with Crippen molar-refractivity contribution in [3.63, 3.8) is 0 Å². The fourth-order valence-electron chi connectivity index (χ4n) is 4.57. The SMILES string of the molecule is COc1ccc2cc(C(=O)NC3CCC(n4nc5c(cc4=O)COCC5)CC3)[nH]c2c1. The molecule has 0 bridgehead atoms. The Morgan fingerprint density at radius 1 is 1.23 bits per heavy atom. The standard InChI is InChI=1S/C23H26N4O4/c1-30-18-7-2-14-10-21(25-20(14)12-18)23(29)24-16-3-5-17(6-4-16)27-22(28)11-15-13-31-9-8-19(15)26-27/h2,7,10-12,16-17,25H,3-6,8-9,13H2,1H3,(H,24,29). The van der Waals surface area contributed by atoms with Crippen molar-refractivity contribution in [3.8, 4) is 5.75 Å². The van der Waals surface area contributed by atoms with Crippen molar-refractivity contribution in [1.82, 2.24) is 20.1 Å². The van der Waals surface area contributed by atoms with Crippen molar-refractivity contribution in [2.24, 2.45) is 0 Å². The second kappa shape index (κ2) is 8.19. The zero-order valence-electron chi connectivity index (χ0n) is 17.5.